The molecule has 0 radical (unpaired) electrons. The monoisotopic (exact) mass is 412 g/mol. The van der Waals surface area contributed by atoms with Crippen LogP contribution in [0.15, 0.2) is 81.6 Å². The molecule has 1 saturated heterocycles. The smallest absolute Gasteiger partial charge is 0.276 e. The molecule has 1 aliphatic carbocycles. The van der Waals surface area contributed by atoms with Crippen LogP contribution in [0.1, 0.15) is 24.0 Å². The van der Waals surface area contributed by atoms with Crippen molar-refractivity contribution in [2.75, 3.05) is 31.6 Å². The fraction of sp³-hybridized carbons (Fsp3) is 0.240. The third-order valence-corrected chi connectivity index (χ3v) is 5.76. The van der Waals surface area contributed by atoms with E-state index in [1.807, 2.05) is 36.5 Å². The number of rotatable bonds is 4. The van der Waals surface area contributed by atoms with Gasteiger partial charge in [-0.05, 0) is 41.7 Å². The Balaban J connectivity index is 1.47. The summed E-state index contributed by atoms with van der Waals surface area (Å²) in [6.45, 7) is 3.18. The van der Waals surface area contributed by atoms with E-state index < -0.39 is 0 Å². The minimum Gasteiger partial charge on any atom is -0.378 e. The number of fused-ring (bicyclic) bond motifs is 1. The van der Waals surface area contributed by atoms with Crippen LogP contribution in [0.5, 0.6) is 0 Å². The van der Waals surface area contributed by atoms with E-state index in [0.717, 1.165) is 56.0 Å². The number of carbonyl (C=O) groups is 1. The van der Waals surface area contributed by atoms with Gasteiger partial charge < -0.3 is 15.0 Å². The van der Waals surface area contributed by atoms with Crippen molar-refractivity contribution in [1.29, 1.82) is 0 Å². The number of carbonyl (C=O) groups excluding carboxylic acids is 1. The number of morpholine rings is 1. The van der Waals surface area contributed by atoms with Gasteiger partial charge in [0.1, 0.15) is 0 Å². The lowest BCUT2D eigenvalue weighted by Gasteiger charge is -2.31. The highest BCUT2D eigenvalue weighted by Crippen LogP contribution is 2.35. The van der Waals surface area contributed by atoms with Gasteiger partial charge in [0, 0.05) is 24.4 Å². The van der Waals surface area contributed by atoms with Crippen LogP contribution in [0.4, 0.5) is 5.69 Å². The fourth-order valence-electron chi connectivity index (χ4n) is 4.28. The number of amides is 1. The lowest BCUT2D eigenvalue weighted by atomic mass is 10.1. The molecule has 2 heterocycles. The molecule has 6 nitrogen and oxygen atoms in total. The summed E-state index contributed by atoms with van der Waals surface area (Å²) in [5.41, 5.74) is 6.82. The zero-order chi connectivity index (χ0) is 21.0. The quantitative estimate of drug-likeness (QED) is 0.612. The first-order chi connectivity index (χ1) is 15.3. The number of nitrogens with zero attached hydrogens (tertiary/aromatic N) is 3. The van der Waals surface area contributed by atoms with E-state index >= 15 is 0 Å². The van der Waals surface area contributed by atoms with E-state index in [2.05, 4.69) is 50.8 Å². The van der Waals surface area contributed by atoms with Crippen molar-refractivity contribution in [3.05, 3.63) is 82.6 Å². The molecular weight excluding hydrogens is 388 g/mol. The second-order valence-electron chi connectivity index (χ2n) is 7.75. The van der Waals surface area contributed by atoms with E-state index in [1.54, 1.807) is 0 Å². The largest absolute Gasteiger partial charge is 0.378 e. The Morgan fingerprint density at radius 2 is 1.74 bits per heavy atom. The molecule has 0 spiro atoms. The van der Waals surface area contributed by atoms with E-state index in [0.29, 0.717) is 5.71 Å². The molecular formula is C25H24N4O2. The molecule has 2 aromatic rings. The van der Waals surface area contributed by atoms with Crippen molar-refractivity contribution in [2.24, 2.45) is 10.2 Å². The highest BCUT2D eigenvalue weighted by atomic mass is 16.5. The first-order valence-electron chi connectivity index (χ1n) is 10.6. The Morgan fingerprint density at radius 1 is 0.968 bits per heavy atom. The lowest BCUT2D eigenvalue weighted by molar-refractivity contribution is -0.110. The van der Waals surface area contributed by atoms with Gasteiger partial charge in [0.25, 0.3) is 5.91 Å². The van der Waals surface area contributed by atoms with Crippen LogP contribution >= 0.6 is 0 Å². The molecule has 6 heteroatoms. The van der Waals surface area contributed by atoms with Gasteiger partial charge >= 0.3 is 0 Å². The van der Waals surface area contributed by atoms with Gasteiger partial charge in [-0.15, -0.1) is 5.10 Å². The summed E-state index contributed by atoms with van der Waals surface area (Å²) in [4.78, 5) is 14.7. The number of hydrogen-bond acceptors (Lipinski definition) is 5. The third-order valence-electron chi connectivity index (χ3n) is 5.76. The van der Waals surface area contributed by atoms with E-state index in [9.17, 15) is 4.79 Å². The summed E-state index contributed by atoms with van der Waals surface area (Å²) in [5.74, 6) is -0.211. The molecule has 1 N–H and O–H groups in total. The van der Waals surface area contributed by atoms with E-state index in [-0.39, 0.29) is 5.91 Å². The summed E-state index contributed by atoms with van der Waals surface area (Å²) in [5, 5.41) is 11.4. The van der Waals surface area contributed by atoms with Crippen LogP contribution in [0, 0.1) is 0 Å². The van der Waals surface area contributed by atoms with Gasteiger partial charge in [0.15, 0.2) is 5.71 Å². The van der Waals surface area contributed by atoms with Crippen LogP contribution in [-0.4, -0.2) is 49.0 Å². The molecule has 3 aliphatic rings. The molecule has 31 heavy (non-hydrogen) atoms. The third kappa shape index (κ3) is 4.07. The minimum absolute atomic E-state index is 0.211. The maximum absolute atomic E-state index is 12.3. The first kappa shape index (κ1) is 19.5. The van der Waals surface area contributed by atoms with Gasteiger partial charge in [-0.2, -0.15) is 5.10 Å². The summed E-state index contributed by atoms with van der Waals surface area (Å²) < 4.78 is 5.56. The average Bonchev–Trinajstić information content (AvgIpc) is 3.35. The highest BCUT2D eigenvalue weighted by molar-refractivity contribution is 6.53. The molecule has 0 saturated carbocycles. The van der Waals surface area contributed by atoms with Crippen molar-refractivity contribution >= 4 is 29.6 Å². The predicted octanol–water partition coefficient (Wildman–Crippen LogP) is 3.88. The van der Waals surface area contributed by atoms with Gasteiger partial charge in [-0.25, -0.2) is 0 Å². The normalized spacial score (nSPS) is 21.4. The lowest BCUT2D eigenvalue weighted by Crippen LogP contribution is -2.36. The molecule has 0 aromatic heterocycles. The molecule has 2 aliphatic heterocycles. The zero-order valence-corrected chi connectivity index (χ0v) is 17.3. The van der Waals surface area contributed by atoms with Gasteiger partial charge in [-0.3, -0.25) is 4.79 Å². The second kappa shape index (κ2) is 8.70. The Bertz CT molecular complexity index is 1110. The minimum atomic E-state index is -0.211. The van der Waals surface area contributed by atoms with E-state index in [1.165, 1.54) is 16.8 Å². The Morgan fingerprint density at radius 3 is 2.58 bits per heavy atom. The number of para-hydroxylation sites is 1. The topological polar surface area (TPSA) is 66.3 Å². The molecule has 5 rings (SSSR count). The maximum atomic E-state index is 12.3. The van der Waals surface area contributed by atoms with Crippen molar-refractivity contribution in [3.8, 4) is 0 Å². The molecule has 0 bridgehead atoms. The van der Waals surface area contributed by atoms with Crippen LogP contribution < -0.4 is 5.32 Å². The highest BCUT2D eigenvalue weighted by Gasteiger charge is 2.27. The number of hydrogen-bond donors (Lipinski definition) is 1. The number of allylic oxidation sites excluding steroid dienone is 2. The Hall–Kier alpha value is -3.51. The number of anilines is 1. The van der Waals surface area contributed by atoms with Crippen LogP contribution in [0.3, 0.4) is 0 Å². The zero-order valence-electron chi connectivity index (χ0n) is 17.3. The maximum Gasteiger partial charge on any atom is 0.276 e. The molecule has 2 aromatic carbocycles. The van der Waals surface area contributed by atoms with Crippen molar-refractivity contribution in [2.45, 2.75) is 12.8 Å². The standard InChI is InChI=1S/C25H24N4O2/c30-25-23(21-8-4-5-9-22(21)27-25)28-26-17-20-11-10-19(16-18-6-2-1-3-7-18)24(20)29-12-14-31-15-13-29/h1-9,16-17H,10-15H2,(H,27,28,30)/b19-16+,26-17-. The predicted molar refractivity (Wildman–Crippen MR) is 123 cm³/mol. The Kier molecular flexibility index (Phi) is 5.46. The summed E-state index contributed by atoms with van der Waals surface area (Å²) in [6, 6.07) is 17.9. The molecule has 0 unspecified atom stereocenters. The second-order valence-corrected chi connectivity index (χ2v) is 7.75. The van der Waals surface area contributed by atoms with Crippen molar-refractivity contribution < 1.29 is 9.53 Å². The van der Waals surface area contributed by atoms with Crippen molar-refractivity contribution in [3.63, 3.8) is 0 Å². The Labute approximate surface area is 181 Å². The summed E-state index contributed by atoms with van der Waals surface area (Å²) >= 11 is 0. The van der Waals surface area contributed by atoms with E-state index in [4.69, 9.17) is 4.74 Å². The summed E-state index contributed by atoms with van der Waals surface area (Å²) in [6.07, 6.45) is 5.95. The van der Waals surface area contributed by atoms with Gasteiger partial charge in [-0.1, -0.05) is 48.5 Å². The average molecular weight is 412 g/mol. The van der Waals surface area contributed by atoms with Gasteiger partial charge in [0.2, 0.25) is 0 Å². The van der Waals surface area contributed by atoms with Crippen LogP contribution in [0.2, 0.25) is 0 Å². The van der Waals surface area contributed by atoms with Gasteiger partial charge in [0.05, 0.1) is 25.1 Å². The number of benzene rings is 2. The molecule has 1 fully saturated rings. The van der Waals surface area contributed by atoms with Crippen LogP contribution in [0.25, 0.3) is 6.08 Å². The van der Waals surface area contributed by atoms with Crippen molar-refractivity contribution in [1.82, 2.24) is 4.90 Å². The van der Waals surface area contributed by atoms with Crippen LogP contribution in [-0.2, 0) is 9.53 Å². The molecule has 0 atom stereocenters. The molecule has 156 valence electrons. The SMILES string of the molecule is O=C1Nc2ccccc2/C1=N/N=C\C1=C(N2CCOCC2)C(=C/c2ccccc2)/CC1. The first-order valence-corrected chi connectivity index (χ1v) is 10.6. The summed E-state index contributed by atoms with van der Waals surface area (Å²) in [7, 11) is 0. The molecule has 1 amide bonds. The number of ether oxygens (including phenoxy) is 1. The number of nitrogens with one attached hydrogen (secondary N) is 1. The fourth-order valence-corrected chi connectivity index (χ4v) is 4.28.